The van der Waals surface area contributed by atoms with Crippen molar-refractivity contribution in [2.75, 3.05) is 0 Å². The lowest BCUT2D eigenvalue weighted by Crippen LogP contribution is -2.78. The van der Waals surface area contributed by atoms with Gasteiger partial charge in [0.15, 0.2) is 69.8 Å². The van der Waals surface area contributed by atoms with E-state index in [1.54, 1.807) is 0 Å². The molecular weight excluding hydrogens is 687 g/mol. The largest absolute Gasteiger partial charge is 0.207 e. The summed E-state index contributed by atoms with van der Waals surface area (Å²) < 4.78 is 232. The lowest BCUT2D eigenvalue weighted by molar-refractivity contribution is 0.408. The second kappa shape index (κ2) is 13.6. The van der Waals surface area contributed by atoms with Crippen molar-refractivity contribution in [2.45, 2.75) is 0 Å². The quantitative estimate of drug-likeness (QED) is 0.0610. The second-order valence-corrected chi connectivity index (χ2v) is 9.77. The molecule has 0 radical (unpaired) electrons. The van der Waals surface area contributed by atoms with E-state index in [4.69, 9.17) is 0 Å². The van der Waals surface area contributed by atoms with Gasteiger partial charge in [0, 0.05) is 42.5 Å². The van der Waals surface area contributed by atoms with E-state index in [0.717, 1.165) is 0 Å². The van der Waals surface area contributed by atoms with Gasteiger partial charge in [0.1, 0.15) is 29.4 Å². The zero-order chi connectivity index (χ0) is 35.8. The zero-order valence-corrected chi connectivity index (χ0v) is 23.0. The molecule has 0 atom stereocenters. The van der Waals surface area contributed by atoms with E-state index in [1.165, 1.54) is 0 Å². The average Bonchev–Trinajstić information content (AvgIpc) is 3.39. The highest BCUT2D eigenvalue weighted by Crippen LogP contribution is 2.26. The Morgan fingerprint density at radius 1 is 0.292 bits per heavy atom. The summed E-state index contributed by atoms with van der Waals surface area (Å²) in [6.45, 7) is 0. The standard InChI is InChI=1S/C24H4BF16.C7H7/c26-9-1-5(13(30)21(38)17(9)34)25(6-2-10(27)18(35)22(39)14(6)31,7-3-11(28)19(36)23(40)15(7)32)8-4-12(29)20(37)24(41)16(8)33;1-2-4-6-7-5-3-1/h1-4H;1-7H/q-1;+1. The Kier molecular flexibility index (Phi) is 10.1. The molecule has 5 aromatic rings. The zero-order valence-electron chi connectivity index (χ0n) is 23.0. The summed E-state index contributed by atoms with van der Waals surface area (Å²) >= 11 is 0. The third-order valence-electron chi connectivity index (χ3n) is 7.17. The molecular formula is C31H11BF16. The Hall–Kier alpha value is -5.09. The first-order valence-corrected chi connectivity index (χ1v) is 12.8. The van der Waals surface area contributed by atoms with Gasteiger partial charge >= 0.3 is 0 Å². The minimum Gasteiger partial charge on any atom is -0.207 e. The average molecular weight is 698 g/mol. The van der Waals surface area contributed by atoms with Crippen molar-refractivity contribution in [1.29, 1.82) is 0 Å². The third kappa shape index (κ3) is 5.81. The molecule has 0 aromatic heterocycles. The second-order valence-electron chi connectivity index (χ2n) is 9.77. The fourth-order valence-corrected chi connectivity index (χ4v) is 5.08. The van der Waals surface area contributed by atoms with Gasteiger partial charge in [-0.15, -0.1) is 0 Å². The van der Waals surface area contributed by atoms with E-state index in [1.807, 2.05) is 42.5 Å². The molecule has 0 spiro atoms. The molecule has 0 unspecified atom stereocenters. The molecule has 0 nitrogen and oxygen atoms in total. The maximum atomic E-state index is 15.3. The lowest BCUT2D eigenvalue weighted by atomic mass is 9.12. The van der Waals surface area contributed by atoms with Crippen LogP contribution in [0.3, 0.4) is 0 Å². The summed E-state index contributed by atoms with van der Waals surface area (Å²) in [4.78, 5) is 0. The molecule has 0 bridgehead atoms. The predicted molar refractivity (Wildman–Crippen MR) is 140 cm³/mol. The van der Waals surface area contributed by atoms with Crippen LogP contribution in [0.2, 0.25) is 0 Å². The van der Waals surface area contributed by atoms with Gasteiger partial charge in [0.05, 0.1) is 0 Å². The maximum absolute atomic E-state index is 15.3. The van der Waals surface area contributed by atoms with Crippen LogP contribution in [0.25, 0.3) is 0 Å². The van der Waals surface area contributed by atoms with Gasteiger partial charge in [0.2, 0.25) is 0 Å². The monoisotopic (exact) mass is 698 g/mol. The molecule has 0 fully saturated rings. The summed E-state index contributed by atoms with van der Waals surface area (Å²) in [5, 5.41) is 0. The highest BCUT2D eigenvalue weighted by molar-refractivity contribution is 7.20. The van der Waals surface area contributed by atoms with Crippen molar-refractivity contribution in [3.63, 3.8) is 0 Å². The first-order chi connectivity index (χ1) is 22.5. The van der Waals surface area contributed by atoms with E-state index in [2.05, 4.69) is 0 Å². The highest BCUT2D eigenvalue weighted by Gasteiger charge is 2.45. The molecule has 17 heteroatoms. The molecule has 0 saturated carbocycles. The lowest BCUT2D eigenvalue weighted by Gasteiger charge is -2.44. The van der Waals surface area contributed by atoms with Crippen LogP contribution in [0, 0.1) is 93.1 Å². The first kappa shape index (κ1) is 35.8. The van der Waals surface area contributed by atoms with Gasteiger partial charge in [-0.2, -0.15) is 21.9 Å². The fourth-order valence-electron chi connectivity index (χ4n) is 5.08. The van der Waals surface area contributed by atoms with E-state index in [-0.39, 0.29) is 0 Å². The van der Waals surface area contributed by atoms with Crippen molar-refractivity contribution in [3.8, 4) is 0 Å². The van der Waals surface area contributed by atoms with Crippen LogP contribution in [0.1, 0.15) is 0 Å². The topological polar surface area (TPSA) is 0 Å². The van der Waals surface area contributed by atoms with E-state index in [9.17, 15) is 52.7 Å². The minimum absolute atomic E-state index is 0.621. The summed E-state index contributed by atoms with van der Waals surface area (Å²) in [5.41, 5.74) is -9.06. The van der Waals surface area contributed by atoms with Gasteiger partial charge in [-0.1, -0.05) is 24.3 Å². The van der Waals surface area contributed by atoms with Gasteiger partial charge in [0.25, 0.3) is 0 Å². The van der Waals surface area contributed by atoms with Gasteiger partial charge in [-0.05, 0) is 0 Å². The molecule has 0 aliphatic carbocycles. The Morgan fingerprint density at radius 2 is 0.521 bits per heavy atom. The summed E-state index contributed by atoms with van der Waals surface area (Å²) in [5.74, 6) is -44.3. The number of halogens is 16. The molecule has 0 heterocycles. The summed E-state index contributed by atoms with van der Waals surface area (Å²) in [7, 11) is 0. The first-order valence-electron chi connectivity index (χ1n) is 12.8. The number of hydrogen-bond donors (Lipinski definition) is 0. The smallest absolute Gasteiger partial charge is 0.197 e. The third-order valence-corrected chi connectivity index (χ3v) is 7.17. The minimum atomic E-state index is -5.62. The Morgan fingerprint density at radius 3 is 0.750 bits per heavy atom. The number of hydrogen-bond acceptors (Lipinski definition) is 0. The van der Waals surface area contributed by atoms with E-state index >= 15 is 17.6 Å². The number of benzene rings is 4. The Labute approximate surface area is 258 Å². The van der Waals surface area contributed by atoms with Crippen LogP contribution in [0.5, 0.6) is 0 Å². The van der Waals surface area contributed by atoms with Crippen molar-refractivity contribution >= 4 is 28.0 Å². The van der Waals surface area contributed by atoms with Crippen molar-refractivity contribution in [2.24, 2.45) is 0 Å². The molecule has 0 N–H and O–H groups in total. The van der Waals surface area contributed by atoms with Gasteiger partial charge < -0.3 is 0 Å². The molecule has 0 amide bonds. The van der Waals surface area contributed by atoms with Crippen molar-refractivity contribution in [3.05, 3.63) is 160 Å². The van der Waals surface area contributed by atoms with Crippen LogP contribution in [-0.2, 0) is 0 Å². The molecule has 250 valence electrons. The van der Waals surface area contributed by atoms with Crippen LogP contribution >= 0.6 is 0 Å². The molecule has 5 aromatic carbocycles. The Bertz CT molecular complexity index is 1760. The maximum Gasteiger partial charge on any atom is 0.197 e. The van der Waals surface area contributed by atoms with Crippen LogP contribution in [0.4, 0.5) is 70.2 Å². The molecule has 0 saturated heterocycles. The highest BCUT2D eigenvalue weighted by atomic mass is 19.2. The molecule has 0 aliphatic rings. The molecule has 48 heavy (non-hydrogen) atoms. The Balaban J connectivity index is 0.000000659. The van der Waals surface area contributed by atoms with Crippen LogP contribution in [-0.4, -0.2) is 6.15 Å². The van der Waals surface area contributed by atoms with Crippen LogP contribution < -0.4 is 21.9 Å². The number of rotatable bonds is 4. The van der Waals surface area contributed by atoms with Gasteiger partial charge in [-0.25, -0.2) is 70.2 Å². The summed E-state index contributed by atoms with van der Waals surface area (Å²) in [6.07, 6.45) is -5.62. The predicted octanol–water partition coefficient (Wildman–Crippen LogP) is 7.26. The van der Waals surface area contributed by atoms with E-state index < -0.39 is 145 Å². The van der Waals surface area contributed by atoms with Gasteiger partial charge in [-0.3, -0.25) is 0 Å². The molecule has 0 aliphatic heterocycles. The normalized spacial score (nSPS) is 11.3. The molecule has 5 rings (SSSR count). The SMILES string of the molecule is Fc1cc([B-](c2cc(F)c(F)c(F)c2F)(c2cc(F)c(F)c(F)c2F)c2cc(F)c(F)c(F)c2F)c(F)c(F)c1F.c1ccc[cH+]cc1. The van der Waals surface area contributed by atoms with Crippen LogP contribution in [0.15, 0.2) is 66.7 Å². The summed E-state index contributed by atoms with van der Waals surface area (Å²) in [6, 6.07) is 11.5. The van der Waals surface area contributed by atoms with Crippen molar-refractivity contribution < 1.29 is 70.2 Å². The fraction of sp³-hybridized carbons (Fsp3) is 0. The van der Waals surface area contributed by atoms with E-state index in [0.29, 0.717) is 0 Å². The van der Waals surface area contributed by atoms with Crippen molar-refractivity contribution in [1.82, 2.24) is 0 Å².